The molecule has 2 aromatic rings. The van der Waals surface area contributed by atoms with Gasteiger partial charge < -0.3 is 15.7 Å². The molecule has 1 aromatic heterocycles. The van der Waals surface area contributed by atoms with Crippen LogP contribution in [0.15, 0.2) is 24.5 Å². The van der Waals surface area contributed by atoms with E-state index in [-0.39, 0.29) is 18.2 Å². The maximum Gasteiger partial charge on any atom is 0.323 e. The van der Waals surface area contributed by atoms with E-state index in [0.717, 1.165) is 12.1 Å². The summed E-state index contributed by atoms with van der Waals surface area (Å²) in [6.07, 6.45) is 2.80. The lowest BCUT2D eigenvalue weighted by molar-refractivity contribution is 0.262. The van der Waals surface area contributed by atoms with Crippen LogP contribution in [-0.4, -0.2) is 27.5 Å². The summed E-state index contributed by atoms with van der Waals surface area (Å²) in [5.74, 6) is -1.96. The molecule has 112 valence electrons. The van der Waals surface area contributed by atoms with Gasteiger partial charge >= 0.3 is 6.03 Å². The smallest absolute Gasteiger partial charge is 0.323 e. The van der Waals surface area contributed by atoms with Crippen molar-refractivity contribution in [3.05, 3.63) is 41.2 Å². The van der Waals surface area contributed by atoms with Gasteiger partial charge in [-0.2, -0.15) is 5.10 Å². The standard InChI is InChI=1S/C12H11ClF2N4O2/c13-7-3-9(14)11(10(15)4-7)18-12(21)17-8-5-16-19(6-8)1-2-20/h3-6,20H,1-2H2,(H2,17,18,21). The van der Waals surface area contributed by atoms with E-state index >= 15 is 0 Å². The van der Waals surface area contributed by atoms with Gasteiger partial charge in [0.2, 0.25) is 0 Å². The largest absolute Gasteiger partial charge is 0.394 e. The monoisotopic (exact) mass is 316 g/mol. The number of carbonyl (C=O) groups excluding carboxylic acids is 1. The highest BCUT2D eigenvalue weighted by atomic mass is 35.5. The Morgan fingerprint density at radius 2 is 2.00 bits per heavy atom. The summed E-state index contributed by atoms with van der Waals surface area (Å²) in [5, 5.41) is 16.9. The van der Waals surface area contributed by atoms with Crippen molar-refractivity contribution in [2.75, 3.05) is 17.2 Å². The average molecular weight is 317 g/mol. The van der Waals surface area contributed by atoms with Gasteiger partial charge in [0.1, 0.15) is 5.69 Å². The van der Waals surface area contributed by atoms with E-state index in [9.17, 15) is 13.6 Å². The number of aliphatic hydroxyl groups excluding tert-OH is 1. The fourth-order valence-electron chi connectivity index (χ4n) is 1.59. The lowest BCUT2D eigenvalue weighted by atomic mass is 10.3. The van der Waals surface area contributed by atoms with Crippen molar-refractivity contribution in [3.63, 3.8) is 0 Å². The summed E-state index contributed by atoms with van der Waals surface area (Å²) in [6, 6.07) is 0.942. The molecule has 0 fully saturated rings. The first-order chi connectivity index (χ1) is 9.99. The van der Waals surface area contributed by atoms with E-state index < -0.39 is 23.4 Å². The van der Waals surface area contributed by atoms with E-state index in [0.29, 0.717) is 5.69 Å². The Balaban J connectivity index is 2.04. The molecule has 0 unspecified atom stereocenters. The van der Waals surface area contributed by atoms with Crippen LogP contribution in [0.25, 0.3) is 0 Å². The van der Waals surface area contributed by atoms with E-state index in [4.69, 9.17) is 16.7 Å². The van der Waals surface area contributed by atoms with Gasteiger partial charge in [-0.05, 0) is 12.1 Å². The van der Waals surface area contributed by atoms with Gasteiger partial charge in [0.25, 0.3) is 0 Å². The third-order valence-electron chi connectivity index (χ3n) is 2.47. The zero-order chi connectivity index (χ0) is 15.4. The van der Waals surface area contributed by atoms with Gasteiger partial charge in [-0.1, -0.05) is 11.6 Å². The SMILES string of the molecule is O=C(Nc1cnn(CCO)c1)Nc1c(F)cc(Cl)cc1F. The summed E-state index contributed by atoms with van der Waals surface area (Å²) >= 11 is 5.48. The van der Waals surface area contributed by atoms with Gasteiger partial charge in [0.05, 0.1) is 25.0 Å². The predicted molar refractivity (Wildman–Crippen MR) is 73.3 cm³/mol. The number of hydrogen-bond donors (Lipinski definition) is 3. The minimum atomic E-state index is -0.980. The molecule has 0 saturated heterocycles. The summed E-state index contributed by atoms with van der Waals surface area (Å²) < 4.78 is 28.4. The molecular weight excluding hydrogens is 306 g/mol. The number of aliphatic hydroxyl groups is 1. The normalized spacial score (nSPS) is 10.5. The molecule has 0 radical (unpaired) electrons. The van der Waals surface area contributed by atoms with Gasteiger partial charge in [-0.3, -0.25) is 4.68 Å². The molecule has 21 heavy (non-hydrogen) atoms. The number of benzene rings is 1. The fourth-order valence-corrected chi connectivity index (χ4v) is 1.78. The van der Waals surface area contributed by atoms with Gasteiger partial charge in [-0.15, -0.1) is 0 Å². The van der Waals surface area contributed by atoms with E-state index in [1.807, 2.05) is 0 Å². The first-order valence-electron chi connectivity index (χ1n) is 5.85. The Morgan fingerprint density at radius 3 is 2.62 bits per heavy atom. The third-order valence-corrected chi connectivity index (χ3v) is 2.68. The minimum absolute atomic E-state index is 0.103. The summed E-state index contributed by atoms with van der Waals surface area (Å²) in [7, 11) is 0. The Labute approximate surface area is 123 Å². The molecule has 0 saturated carbocycles. The quantitative estimate of drug-likeness (QED) is 0.810. The van der Waals surface area contributed by atoms with Gasteiger partial charge in [0.15, 0.2) is 11.6 Å². The topological polar surface area (TPSA) is 79.2 Å². The zero-order valence-corrected chi connectivity index (χ0v) is 11.4. The Hall–Kier alpha value is -2.19. The molecular formula is C12H11ClF2N4O2. The number of halogens is 3. The summed E-state index contributed by atoms with van der Waals surface area (Å²) in [6.45, 7) is 0.165. The molecule has 0 bridgehead atoms. The molecule has 9 heteroatoms. The molecule has 3 N–H and O–H groups in total. The third kappa shape index (κ3) is 3.89. The first-order valence-corrected chi connectivity index (χ1v) is 6.23. The van der Waals surface area contributed by atoms with Gasteiger partial charge in [0, 0.05) is 11.2 Å². The molecule has 0 spiro atoms. The molecule has 1 heterocycles. The van der Waals surface area contributed by atoms with Crippen molar-refractivity contribution in [1.82, 2.24) is 9.78 Å². The number of nitrogens with one attached hydrogen (secondary N) is 2. The molecule has 0 aliphatic carbocycles. The highest BCUT2D eigenvalue weighted by Crippen LogP contribution is 2.23. The molecule has 2 rings (SSSR count). The molecule has 0 aliphatic heterocycles. The number of nitrogens with zero attached hydrogens (tertiary/aromatic N) is 2. The van der Waals surface area contributed by atoms with Crippen molar-refractivity contribution in [1.29, 1.82) is 0 Å². The Morgan fingerprint density at radius 1 is 1.33 bits per heavy atom. The fraction of sp³-hybridized carbons (Fsp3) is 0.167. The highest BCUT2D eigenvalue weighted by molar-refractivity contribution is 6.30. The molecule has 1 aromatic carbocycles. The van der Waals surface area contributed by atoms with E-state index in [1.54, 1.807) is 0 Å². The molecule has 2 amide bonds. The number of amides is 2. The van der Waals surface area contributed by atoms with Crippen LogP contribution < -0.4 is 10.6 Å². The van der Waals surface area contributed by atoms with Crippen LogP contribution in [0, 0.1) is 11.6 Å². The lowest BCUT2D eigenvalue weighted by Gasteiger charge is -2.08. The number of aromatic nitrogens is 2. The molecule has 0 atom stereocenters. The van der Waals surface area contributed by atoms with Crippen LogP contribution in [0.5, 0.6) is 0 Å². The average Bonchev–Trinajstić information content (AvgIpc) is 2.81. The number of hydrogen-bond acceptors (Lipinski definition) is 3. The van der Waals surface area contributed by atoms with Crippen LogP contribution in [0.4, 0.5) is 25.0 Å². The van der Waals surface area contributed by atoms with Crippen molar-refractivity contribution < 1.29 is 18.7 Å². The van der Waals surface area contributed by atoms with Crippen LogP contribution >= 0.6 is 11.6 Å². The van der Waals surface area contributed by atoms with Crippen molar-refractivity contribution >= 4 is 29.0 Å². The van der Waals surface area contributed by atoms with Crippen LogP contribution in [-0.2, 0) is 6.54 Å². The van der Waals surface area contributed by atoms with Crippen molar-refractivity contribution in [2.24, 2.45) is 0 Å². The van der Waals surface area contributed by atoms with Crippen molar-refractivity contribution in [3.8, 4) is 0 Å². The van der Waals surface area contributed by atoms with Crippen LogP contribution in [0.3, 0.4) is 0 Å². The number of anilines is 2. The number of urea groups is 1. The van der Waals surface area contributed by atoms with E-state index in [2.05, 4.69) is 15.7 Å². The second-order valence-corrected chi connectivity index (χ2v) is 4.48. The summed E-state index contributed by atoms with van der Waals surface area (Å²) in [5.41, 5.74) is -0.282. The van der Waals surface area contributed by atoms with E-state index in [1.165, 1.54) is 17.1 Å². The molecule has 6 nitrogen and oxygen atoms in total. The maximum absolute atomic E-state index is 13.5. The second-order valence-electron chi connectivity index (χ2n) is 4.04. The van der Waals surface area contributed by atoms with Crippen molar-refractivity contribution in [2.45, 2.75) is 6.54 Å². The van der Waals surface area contributed by atoms with Crippen LogP contribution in [0.2, 0.25) is 5.02 Å². The predicted octanol–water partition coefficient (Wildman–Crippen LogP) is 2.45. The number of carbonyl (C=O) groups is 1. The summed E-state index contributed by atoms with van der Waals surface area (Å²) in [4.78, 5) is 11.7. The zero-order valence-electron chi connectivity index (χ0n) is 10.6. The molecule has 0 aliphatic rings. The minimum Gasteiger partial charge on any atom is -0.394 e. The Bertz CT molecular complexity index is 639. The van der Waals surface area contributed by atoms with Crippen LogP contribution in [0.1, 0.15) is 0 Å². The second kappa shape index (κ2) is 6.51. The first kappa shape index (κ1) is 15.2. The number of rotatable bonds is 4. The highest BCUT2D eigenvalue weighted by Gasteiger charge is 2.14. The Kier molecular flexibility index (Phi) is 4.71. The maximum atomic E-state index is 13.5. The van der Waals surface area contributed by atoms with Gasteiger partial charge in [-0.25, -0.2) is 13.6 Å². The lowest BCUT2D eigenvalue weighted by Crippen LogP contribution is -2.20.